The van der Waals surface area contributed by atoms with Crippen LogP contribution in [0.2, 0.25) is 5.02 Å². The van der Waals surface area contributed by atoms with Crippen molar-refractivity contribution in [1.29, 1.82) is 0 Å². The van der Waals surface area contributed by atoms with Gasteiger partial charge in [-0.15, -0.1) is 0 Å². The van der Waals surface area contributed by atoms with Gasteiger partial charge in [0.05, 0.1) is 17.0 Å². The van der Waals surface area contributed by atoms with Gasteiger partial charge in [0.25, 0.3) is 11.8 Å². The quantitative estimate of drug-likeness (QED) is 0.316. The lowest BCUT2D eigenvalue weighted by Gasteiger charge is -2.14. The Morgan fingerprint density at radius 1 is 1.17 bits per heavy atom. The van der Waals surface area contributed by atoms with E-state index in [2.05, 4.69) is 20.7 Å². The van der Waals surface area contributed by atoms with Crippen molar-refractivity contribution in [3.8, 4) is 0 Å². The molecule has 0 aliphatic carbocycles. The van der Waals surface area contributed by atoms with Gasteiger partial charge in [0.1, 0.15) is 5.82 Å². The highest BCUT2D eigenvalue weighted by Gasteiger charge is 2.16. The molecule has 0 saturated heterocycles. The van der Waals surface area contributed by atoms with Gasteiger partial charge in [-0.2, -0.15) is 0 Å². The van der Waals surface area contributed by atoms with Crippen molar-refractivity contribution in [2.75, 3.05) is 6.54 Å². The van der Waals surface area contributed by atoms with Crippen LogP contribution in [0.4, 0.5) is 4.39 Å². The zero-order valence-electron chi connectivity index (χ0n) is 15.5. The van der Waals surface area contributed by atoms with Crippen LogP contribution >= 0.6 is 11.6 Å². The fourth-order valence-electron chi connectivity index (χ4n) is 2.50. The number of azide groups is 1. The SMILES string of the molecule is [N-]=[N+]=NC[C@H](CC(=O)O)NC(=O)c1ccc(CNC(=O)c2ccc(F)cc2Cl)cc1. The van der Waals surface area contributed by atoms with Crippen LogP contribution in [0.15, 0.2) is 47.6 Å². The smallest absolute Gasteiger partial charge is 0.305 e. The number of rotatable bonds is 9. The van der Waals surface area contributed by atoms with Gasteiger partial charge in [-0.05, 0) is 41.4 Å². The highest BCUT2D eigenvalue weighted by Crippen LogP contribution is 2.17. The Balaban J connectivity index is 1.96. The summed E-state index contributed by atoms with van der Waals surface area (Å²) in [6.07, 6.45) is -0.388. The summed E-state index contributed by atoms with van der Waals surface area (Å²) in [6.45, 7) is -0.0441. The zero-order valence-corrected chi connectivity index (χ0v) is 16.3. The summed E-state index contributed by atoms with van der Waals surface area (Å²) in [4.78, 5) is 37.8. The second-order valence-corrected chi connectivity index (χ2v) is 6.59. The standard InChI is InChI=1S/C19H17ClFN5O4/c20-16-7-13(21)5-6-15(16)19(30)23-9-11-1-3-12(4-2-11)18(29)25-14(8-17(27)28)10-24-26-22/h1-7,14H,8-10H2,(H,23,30)(H,25,29)(H,27,28)/t14-/m0/s1. The lowest BCUT2D eigenvalue weighted by atomic mass is 10.1. The Morgan fingerprint density at radius 3 is 2.47 bits per heavy atom. The van der Waals surface area contributed by atoms with Crippen LogP contribution in [-0.2, 0) is 11.3 Å². The van der Waals surface area contributed by atoms with Gasteiger partial charge in [-0.3, -0.25) is 14.4 Å². The number of carbonyl (C=O) groups is 3. The maximum atomic E-state index is 13.1. The summed E-state index contributed by atoms with van der Waals surface area (Å²) in [5, 5.41) is 17.3. The number of nitrogens with one attached hydrogen (secondary N) is 2. The molecule has 3 N–H and O–H groups in total. The van der Waals surface area contributed by atoms with Gasteiger partial charge in [0.15, 0.2) is 0 Å². The monoisotopic (exact) mass is 433 g/mol. The molecular weight excluding hydrogens is 417 g/mol. The number of hydrogen-bond acceptors (Lipinski definition) is 4. The molecule has 30 heavy (non-hydrogen) atoms. The van der Waals surface area contributed by atoms with Crippen molar-refractivity contribution < 1.29 is 23.9 Å². The number of carboxylic acids is 1. The molecule has 0 aliphatic heterocycles. The number of aliphatic carboxylic acids is 1. The van der Waals surface area contributed by atoms with Gasteiger partial charge in [0.2, 0.25) is 0 Å². The predicted octanol–water partition coefficient (Wildman–Crippen LogP) is 3.29. The summed E-state index contributed by atoms with van der Waals surface area (Å²) in [5.74, 6) is -2.68. The molecule has 156 valence electrons. The summed E-state index contributed by atoms with van der Waals surface area (Å²) in [6, 6.07) is 8.86. The molecule has 0 unspecified atom stereocenters. The number of halogens is 2. The van der Waals surface area contributed by atoms with Crippen LogP contribution in [-0.4, -0.2) is 35.5 Å². The molecule has 0 fully saturated rings. The Kier molecular flexibility index (Phi) is 8.16. The van der Waals surface area contributed by atoms with E-state index in [0.29, 0.717) is 5.56 Å². The summed E-state index contributed by atoms with van der Waals surface area (Å²) >= 11 is 5.86. The van der Waals surface area contributed by atoms with Crippen molar-refractivity contribution in [2.24, 2.45) is 5.11 Å². The average molecular weight is 434 g/mol. The van der Waals surface area contributed by atoms with Crippen LogP contribution in [0, 0.1) is 5.82 Å². The third kappa shape index (κ3) is 6.77. The number of benzene rings is 2. The second kappa shape index (κ2) is 10.8. The Morgan fingerprint density at radius 2 is 1.87 bits per heavy atom. The maximum Gasteiger partial charge on any atom is 0.305 e. The fraction of sp³-hybridized carbons (Fsp3) is 0.211. The van der Waals surface area contributed by atoms with E-state index in [1.165, 1.54) is 18.2 Å². The van der Waals surface area contributed by atoms with E-state index in [1.807, 2.05) is 0 Å². The number of nitrogens with zero attached hydrogens (tertiary/aromatic N) is 3. The lowest BCUT2D eigenvalue weighted by molar-refractivity contribution is -0.137. The molecule has 2 amide bonds. The van der Waals surface area contributed by atoms with Crippen LogP contribution in [0.5, 0.6) is 0 Å². The first-order valence-electron chi connectivity index (χ1n) is 8.66. The Bertz CT molecular complexity index is 989. The van der Waals surface area contributed by atoms with E-state index in [0.717, 1.165) is 12.1 Å². The molecule has 0 bridgehead atoms. The van der Waals surface area contributed by atoms with Gasteiger partial charge < -0.3 is 15.7 Å². The second-order valence-electron chi connectivity index (χ2n) is 6.19. The number of amides is 2. The molecule has 1 atom stereocenters. The third-order valence-corrected chi connectivity index (χ3v) is 4.28. The minimum atomic E-state index is -1.14. The van der Waals surface area contributed by atoms with Crippen LogP contribution in [0.25, 0.3) is 10.4 Å². The Hall–Kier alpha value is -3.62. The number of hydrogen-bond donors (Lipinski definition) is 3. The van der Waals surface area contributed by atoms with Crippen molar-refractivity contribution in [1.82, 2.24) is 10.6 Å². The van der Waals surface area contributed by atoms with Gasteiger partial charge >= 0.3 is 5.97 Å². The normalized spacial score (nSPS) is 11.1. The first-order chi connectivity index (χ1) is 14.3. The van der Waals surface area contributed by atoms with Gasteiger partial charge in [-0.1, -0.05) is 28.8 Å². The van der Waals surface area contributed by atoms with Crippen LogP contribution in [0.1, 0.15) is 32.7 Å². The Labute approximate surface area is 175 Å². The third-order valence-electron chi connectivity index (χ3n) is 3.97. The molecule has 9 nitrogen and oxygen atoms in total. The molecule has 2 rings (SSSR count). The zero-order chi connectivity index (χ0) is 22.1. The molecule has 2 aromatic carbocycles. The molecule has 0 spiro atoms. The van der Waals surface area contributed by atoms with E-state index >= 15 is 0 Å². The van der Waals surface area contributed by atoms with Gasteiger partial charge in [0, 0.05) is 29.6 Å². The number of carbonyl (C=O) groups excluding carboxylic acids is 2. The fourth-order valence-corrected chi connectivity index (χ4v) is 2.75. The van der Waals surface area contributed by atoms with Gasteiger partial charge in [-0.25, -0.2) is 4.39 Å². The van der Waals surface area contributed by atoms with E-state index in [-0.39, 0.29) is 35.7 Å². The topological polar surface area (TPSA) is 144 Å². The molecule has 0 aromatic heterocycles. The number of carboxylic acid groups (broad SMARTS) is 1. The minimum Gasteiger partial charge on any atom is -0.481 e. The lowest BCUT2D eigenvalue weighted by Crippen LogP contribution is -2.38. The molecule has 0 heterocycles. The largest absolute Gasteiger partial charge is 0.481 e. The first-order valence-corrected chi connectivity index (χ1v) is 9.03. The highest BCUT2D eigenvalue weighted by molar-refractivity contribution is 6.33. The summed E-state index contributed by atoms with van der Waals surface area (Å²) in [7, 11) is 0. The maximum absolute atomic E-state index is 13.1. The molecule has 0 aliphatic rings. The van der Waals surface area contributed by atoms with Crippen molar-refractivity contribution in [3.05, 3.63) is 80.4 Å². The van der Waals surface area contributed by atoms with E-state index in [9.17, 15) is 18.8 Å². The van der Waals surface area contributed by atoms with E-state index < -0.39 is 29.6 Å². The average Bonchev–Trinajstić information content (AvgIpc) is 2.70. The molecule has 11 heteroatoms. The summed E-state index contributed by atoms with van der Waals surface area (Å²) in [5.41, 5.74) is 9.46. The van der Waals surface area contributed by atoms with Crippen LogP contribution in [0.3, 0.4) is 0 Å². The molecule has 2 aromatic rings. The molecule has 0 radical (unpaired) electrons. The summed E-state index contributed by atoms with van der Waals surface area (Å²) < 4.78 is 13.1. The van der Waals surface area contributed by atoms with Crippen molar-refractivity contribution in [2.45, 2.75) is 19.0 Å². The van der Waals surface area contributed by atoms with Crippen LogP contribution < -0.4 is 10.6 Å². The van der Waals surface area contributed by atoms with E-state index in [4.69, 9.17) is 22.2 Å². The van der Waals surface area contributed by atoms with Crippen molar-refractivity contribution >= 4 is 29.4 Å². The first kappa shape index (κ1) is 22.7. The minimum absolute atomic E-state index is 0.00355. The van der Waals surface area contributed by atoms with Crippen molar-refractivity contribution in [3.63, 3.8) is 0 Å². The molecular formula is C19H17ClFN5O4. The predicted molar refractivity (Wildman–Crippen MR) is 107 cm³/mol. The highest BCUT2D eigenvalue weighted by atomic mass is 35.5. The van der Waals surface area contributed by atoms with E-state index in [1.54, 1.807) is 12.1 Å². The molecule has 0 saturated carbocycles.